The van der Waals surface area contributed by atoms with Gasteiger partial charge in [-0.15, -0.1) is 0 Å². The van der Waals surface area contributed by atoms with E-state index in [1.807, 2.05) is 28.9 Å². The highest BCUT2D eigenvalue weighted by Crippen LogP contribution is 2.10. The Morgan fingerprint density at radius 1 is 1.54 bits per heavy atom. The first-order chi connectivity index (χ1) is 6.31. The Kier molecular flexibility index (Phi) is 2.00. The molecule has 2 aromatic rings. The molecule has 0 aliphatic heterocycles. The van der Waals surface area contributed by atoms with Crippen molar-refractivity contribution in [1.29, 1.82) is 0 Å². The van der Waals surface area contributed by atoms with E-state index in [1.54, 1.807) is 6.20 Å². The van der Waals surface area contributed by atoms with Crippen LogP contribution in [0.4, 0.5) is 0 Å². The molecule has 0 aliphatic carbocycles. The third-order valence-corrected chi connectivity index (χ3v) is 2.04. The summed E-state index contributed by atoms with van der Waals surface area (Å²) in [5.41, 5.74) is 7.46. The summed E-state index contributed by atoms with van der Waals surface area (Å²) in [6.45, 7) is -0.0415. The zero-order valence-electron chi connectivity index (χ0n) is 7.09. The molecule has 68 valence electrons. The summed E-state index contributed by atoms with van der Waals surface area (Å²) in [6.07, 6.45) is 5.45. The Hall–Kier alpha value is -1.39. The number of aliphatic hydroxyl groups is 1. The van der Waals surface area contributed by atoms with Crippen molar-refractivity contribution < 1.29 is 5.11 Å². The highest BCUT2D eigenvalue weighted by molar-refractivity contribution is 5.39. The third-order valence-electron chi connectivity index (χ3n) is 2.04. The van der Waals surface area contributed by atoms with E-state index in [0.29, 0.717) is 0 Å². The normalized spacial score (nSPS) is 13.4. The highest BCUT2D eigenvalue weighted by Gasteiger charge is 2.04. The average molecular weight is 177 g/mol. The summed E-state index contributed by atoms with van der Waals surface area (Å²) in [6, 6.07) is 3.44. The summed E-state index contributed by atoms with van der Waals surface area (Å²) < 4.78 is 1.88. The van der Waals surface area contributed by atoms with Crippen LogP contribution in [-0.4, -0.2) is 21.1 Å². The molecular formula is C9H11N3O. The second-order valence-corrected chi connectivity index (χ2v) is 2.94. The number of nitrogens with two attached hydrogens (primary N) is 1. The predicted molar refractivity (Wildman–Crippen MR) is 49.2 cm³/mol. The molecule has 3 N–H and O–H groups in total. The molecule has 0 saturated heterocycles. The number of fused-ring (bicyclic) bond motifs is 1. The topological polar surface area (TPSA) is 63.5 Å². The molecule has 2 rings (SSSR count). The molecule has 0 bridgehead atoms. The standard InChI is InChI=1S/C9H11N3O/c10-8(6-13)7-1-2-9-11-3-4-12(9)5-7/h1-5,8,13H,6,10H2/t8-/m1/s1. The van der Waals surface area contributed by atoms with Gasteiger partial charge in [-0.3, -0.25) is 0 Å². The maximum Gasteiger partial charge on any atom is 0.136 e. The molecule has 4 nitrogen and oxygen atoms in total. The lowest BCUT2D eigenvalue weighted by Crippen LogP contribution is -2.14. The van der Waals surface area contributed by atoms with Gasteiger partial charge in [0.1, 0.15) is 5.65 Å². The van der Waals surface area contributed by atoms with Crippen LogP contribution in [0.5, 0.6) is 0 Å². The van der Waals surface area contributed by atoms with Gasteiger partial charge in [-0.2, -0.15) is 0 Å². The fourth-order valence-corrected chi connectivity index (χ4v) is 1.26. The second kappa shape index (κ2) is 3.16. The second-order valence-electron chi connectivity index (χ2n) is 2.94. The van der Waals surface area contributed by atoms with Crippen LogP contribution in [0.2, 0.25) is 0 Å². The molecular weight excluding hydrogens is 166 g/mol. The molecule has 0 saturated carbocycles. The van der Waals surface area contributed by atoms with E-state index < -0.39 is 0 Å². The van der Waals surface area contributed by atoms with Crippen LogP contribution >= 0.6 is 0 Å². The van der Waals surface area contributed by atoms with Gasteiger partial charge in [0.25, 0.3) is 0 Å². The minimum atomic E-state index is -0.313. The molecule has 13 heavy (non-hydrogen) atoms. The number of aromatic nitrogens is 2. The molecule has 0 radical (unpaired) electrons. The Labute approximate surface area is 75.6 Å². The van der Waals surface area contributed by atoms with Crippen molar-refractivity contribution in [2.45, 2.75) is 6.04 Å². The van der Waals surface area contributed by atoms with E-state index in [0.717, 1.165) is 11.2 Å². The van der Waals surface area contributed by atoms with Crippen molar-refractivity contribution >= 4 is 5.65 Å². The fraction of sp³-hybridized carbons (Fsp3) is 0.222. The molecule has 2 aromatic heterocycles. The average Bonchev–Trinajstić information content (AvgIpc) is 2.63. The molecule has 0 aliphatic rings. The van der Waals surface area contributed by atoms with Crippen molar-refractivity contribution in [3.8, 4) is 0 Å². The third kappa shape index (κ3) is 1.41. The number of hydrogen-bond acceptors (Lipinski definition) is 3. The SMILES string of the molecule is N[C@H](CO)c1ccc2nccn2c1. The molecule has 0 spiro atoms. The summed E-state index contributed by atoms with van der Waals surface area (Å²) in [5, 5.41) is 8.86. The monoisotopic (exact) mass is 177 g/mol. The molecule has 0 fully saturated rings. The van der Waals surface area contributed by atoms with Gasteiger partial charge in [-0.25, -0.2) is 4.98 Å². The number of pyridine rings is 1. The molecule has 1 atom stereocenters. The Bertz CT molecular complexity index is 410. The van der Waals surface area contributed by atoms with E-state index in [1.165, 1.54) is 0 Å². The van der Waals surface area contributed by atoms with Gasteiger partial charge in [0.2, 0.25) is 0 Å². The minimum Gasteiger partial charge on any atom is -0.394 e. The summed E-state index contributed by atoms with van der Waals surface area (Å²) in [7, 11) is 0. The van der Waals surface area contributed by atoms with Gasteiger partial charge in [-0.05, 0) is 11.6 Å². The summed E-state index contributed by atoms with van der Waals surface area (Å²) in [5.74, 6) is 0. The molecule has 0 unspecified atom stereocenters. The van der Waals surface area contributed by atoms with Crippen LogP contribution in [0.3, 0.4) is 0 Å². The maximum absolute atomic E-state index is 8.86. The van der Waals surface area contributed by atoms with Crippen molar-refractivity contribution in [3.63, 3.8) is 0 Å². The number of aliphatic hydroxyl groups excluding tert-OH is 1. The van der Waals surface area contributed by atoms with Gasteiger partial charge in [-0.1, -0.05) is 6.07 Å². The quantitative estimate of drug-likeness (QED) is 0.694. The zero-order valence-corrected chi connectivity index (χ0v) is 7.09. The van der Waals surface area contributed by atoms with Crippen LogP contribution in [-0.2, 0) is 0 Å². The molecule has 0 aromatic carbocycles. The lowest BCUT2D eigenvalue weighted by Gasteiger charge is -2.08. The van der Waals surface area contributed by atoms with Gasteiger partial charge in [0.05, 0.1) is 12.6 Å². The van der Waals surface area contributed by atoms with E-state index in [-0.39, 0.29) is 12.6 Å². The largest absolute Gasteiger partial charge is 0.394 e. The van der Waals surface area contributed by atoms with Gasteiger partial charge < -0.3 is 15.2 Å². The minimum absolute atomic E-state index is 0.0415. The number of rotatable bonds is 2. The first-order valence-corrected chi connectivity index (χ1v) is 4.10. The first-order valence-electron chi connectivity index (χ1n) is 4.10. The lowest BCUT2D eigenvalue weighted by molar-refractivity contribution is 0.268. The van der Waals surface area contributed by atoms with Gasteiger partial charge >= 0.3 is 0 Å². The van der Waals surface area contributed by atoms with Crippen molar-refractivity contribution in [1.82, 2.24) is 9.38 Å². The van der Waals surface area contributed by atoms with Gasteiger partial charge in [0, 0.05) is 18.6 Å². The van der Waals surface area contributed by atoms with E-state index in [9.17, 15) is 0 Å². The van der Waals surface area contributed by atoms with E-state index in [4.69, 9.17) is 10.8 Å². The lowest BCUT2D eigenvalue weighted by atomic mass is 10.1. The van der Waals surface area contributed by atoms with Crippen LogP contribution in [0.25, 0.3) is 5.65 Å². The van der Waals surface area contributed by atoms with Crippen molar-refractivity contribution in [3.05, 3.63) is 36.3 Å². The Morgan fingerprint density at radius 2 is 2.38 bits per heavy atom. The van der Waals surface area contributed by atoms with Crippen LogP contribution < -0.4 is 5.73 Å². The molecule has 0 amide bonds. The maximum atomic E-state index is 8.86. The summed E-state index contributed by atoms with van der Waals surface area (Å²) in [4.78, 5) is 4.10. The molecule has 4 heteroatoms. The predicted octanol–water partition coefficient (Wildman–Crippen LogP) is 0.326. The summed E-state index contributed by atoms with van der Waals surface area (Å²) >= 11 is 0. The van der Waals surface area contributed by atoms with Crippen LogP contribution in [0.15, 0.2) is 30.7 Å². The fourth-order valence-electron chi connectivity index (χ4n) is 1.26. The van der Waals surface area contributed by atoms with E-state index >= 15 is 0 Å². The number of imidazole rings is 1. The highest BCUT2D eigenvalue weighted by atomic mass is 16.3. The van der Waals surface area contributed by atoms with Crippen LogP contribution in [0, 0.1) is 0 Å². The zero-order chi connectivity index (χ0) is 9.26. The smallest absolute Gasteiger partial charge is 0.136 e. The first kappa shape index (κ1) is 8.22. The van der Waals surface area contributed by atoms with Crippen molar-refractivity contribution in [2.24, 2.45) is 5.73 Å². The molecule has 2 heterocycles. The van der Waals surface area contributed by atoms with Gasteiger partial charge in [0.15, 0.2) is 0 Å². The van der Waals surface area contributed by atoms with Crippen molar-refractivity contribution in [2.75, 3.05) is 6.61 Å². The number of nitrogens with zero attached hydrogens (tertiary/aromatic N) is 2. The van der Waals surface area contributed by atoms with E-state index in [2.05, 4.69) is 4.98 Å². The van der Waals surface area contributed by atoms with Crippen LogP contribution in [0.1, 0.15) is 11.6 Å². The Morgan fingerprint density at radius 3 is 3.15 bits per heavy atom. The Balaban J connectivity index is 2.48. The number of hydrogen-bond donors (Lipinski definition) is 2.